The van der Waals surface area contributed by atoms with Crippen LogP contribution in [-0.4, -0.2) is 0 Å². The van der Waals surface area contributed by atoms with Crippen molar-refractivity contribution in [3.05, 3.63) is 64.5 Å². The third-order valence-corrected chi connectivity index (χ3v) is 3.17. The van der Waals surface area contributed by atoms with Crippen molar-refractivity contribution in [3.63, 3.8) is 0 Å². The van der Waals surface area contributed by atoms with E-state index in [1.807, 2.05) is 30.3 Å². The highest BCUT2D eigenvalue weighted by atomic mass is 19.2. The van der Waals surface area contributed by atoms with Crippen molar-refractivity contribution in [1.82, 2.24) is 0 Å². The summed E-state index contributed by atoms with van der Waals surface area (Å²) in [5.74, 6) is -3.22. The van der Waals surface area contributed by atoms with Crippen LogP contribution >= 0.6 is 0 Å². The number of hydrogen-bond donors (Lipinski definition) is 0. The molecule has 0 N–H and O–H groups in total. The van der Waals surface area contributed by atoms with E-state index in [0.717, 1.165) is 5.56 Å². The van der Waals surface area contributed by atoms with E-state index < -0.39 is 17.5 Å². The topological polar surface area (TPSA) is 9.23 Å². The molecule has 2 aromatic rings. The van der Waals surface area contributed by atoms with Gasteiger partial charge in [-0.2, -0.15) is 0 Å². The van der Waals surface area contributed by atoms with Gasteiger partial charge in [0, 0.05) is 11.1 Å². The molecular formula is C16H15F3O. The van der Waals surface area contributed by atoms with Gasteiger partial charge in [0.25, 0.3) is 0 Å². The molecule has 0 aliphatic carbocycles. The molecule has 0 aliphatic rings. The highest BCUT2D eigenvalue weighted by Crippen LogP contribution is 2.31. The van der Waals surface area contributed by atoms with E-state index in [1.54, 1.807) is 6.92 Å². The van der Waals surface area contributed by atoms with Crippen LogP contribution in [0.1, 0.15) is 23.6 Å². The molecule has 0 aromatic heterocycles. The summed E-state index contributed by atoms with van der Waals surface area (Å²) < 4.78 is 46.8. The summed E-state index contributed by atoms with van der Waals surface area (Å²) in [6.45, 7) is 2.98. The van der Waals surface area contributed by atoms with Crippen molar-refractivity contribution in [3.8, 4) is 5.75 Å². The maximum atomic E-state index is 14.1. The molecule has 0 saturated carbocycles. The van der Waals surface area contributed by atoms with Crippen LogP contribution in [0, 0.1) is 24.4 Å². The van der Waals surface area contributed by atoms with E-state index in [-0.39, 0.29) is 29.9 Å². The smallest absolute Gasteiger partial charge is 0.171 e. The third-order valence-electron chi connectivity index (χ3n) is 3.17. The van der Waals surface area contributed by atoms with Gasteiger partial charge in [-0.25, -0.2) is 13.2 Å². The lowest BCUT2D eigenvalue weighted by Gasteiger charge is -2.14. The minimum Gasteiger partial charge on any atom is -0.485 e. The van der Waals surface area contributed by atoms with E-state index in [9.17, 15) is 13.2 Å². The Balaban J connectivity index is 2.34. The van der Waals surface area contributed by atoms with Gasteiger partial charge in [0.2, 0.25) is 0 Å². The molecule has 0 atom stereocenters. The average molecular weight is 280 g/mol. The predicted octanol–water partition coefficient (Wildman–Crippen LogP) is 4.55. The average Bonchev–Trinajstić information content (AvgIpc) is 2.47. The Morgan fingerprint density at radius 2 is 1.60 bits per heavy atom. The number of rotatable bonds is 4. The van der Waals surface area contributed by atoms with Gasteiger partial charge >= 0.3 is 0 Å². The van der Waals surface area contributed by atoms with E-state index >= 15 is 0 Å². The molecule has 4 heteroatoms. The number of halogens is 3. The second-order valence-electron chi connectivity index (χ2n) is 4.50. The molecule has 2 rings (SSSR count). The van der Waals surface area contributed by atoms with Crippen LogP contribution in [-0.2, 0) is 13.0 Å². The van der Waals surface area contributed by atoms with Crippen LogP contribution in [0.2, 0.25) is 0 Å². The minimum atomic E-state index is -1.13. The Labute approximate surface area is 116 Å². The van der Waals surface area contributed by atoms with Crippen LogP contribution in [0.25, 0.3) is 0 Å². The van der Waals surface area contributed by atoms with Crippen molar-refractivity contribution in [1.29, 1.82) is 0 Å². The van der Waals surface area contributed by atoms with Crippen LogP contribution in [0.3, 0.4) is 0 Å². The molecule has 0 bridgehead atoms. The first-order valence-corrected chi connectivity index (χ1v) is 6.38. The first-order valence-electron chi connectivity index (χ1n) is 6.38. The largest absolute Gasteiger partial charge is 0.485 e. The van der Waals surface area contributed by atoms with E-state index in [0.29, 0.717) is 0 Å². The summed E-state index contributed by atoms with van der Waals surface area (Å²) in [7, 11) is 0. The zero-order chi connectivity index (χ0) is 14.7. The molecule has 0 saturated heterocycles. The normalized spacial score (nSPS) is 10.7. The Kier molecular flexibility index (Phi) is 4.32. The molecule has 0 radical (unpaired) electrons. The Morgan fingerprint density at radius 3 is 2.20 bits per heavy atom. The lowest BCUT2D eigenvalue weighted by molar-refractivity contribution is 0.281. The molecule has 0 aliphatic heterocycles. The highest BCUT2D eigenvalue weighted by Gasteiger charge is 2.22. The maximum absolute atomic E-state index is 14.1. The summed E-state index contributed by atoms with van der Waals surface area (Å²) in [6, 6.07) is 9.12. The van der Waals surface area contributed by atoms with Crippen molar-refractivity contribution < 1.29 is 17.9 Å². The molecule has 0 unspecified atom stereocenters. The molecule has 0 heterocycles. The van der Waals surface area contributed by atoms with Crippen molar-refractivity contribution >= 4 is 0 Å². The number of benzene rings is 2. The van der Waals surface area contributed by atoms with Crippen LogP contribution in [0.4, 0.5) is 13.2 Å². The summed E-state index contributed by atoms with van der Waals surface area (Å²) in [6.07, 6.45) is 0.0660. The third kappa shape index (κ3) is 2.64. The second-order valence-corrected chi connectivity index (χ2v) is 4.50. The fourth-order valence-electron chi connectivity index (χ4n) is 2.01. The van der Waals surface area contributed by atoms with Gasteiger partial charge in [-0.05, 0) is 18.9 Å². The molecule has 0 amide bonds. The van der Waals surface area contributed by atoms with Gasteiger partial charge in [-0.1, -0.05) is 37.3 Å². The number of hydrogen-bond acceptors (Lipinski definition) is 1. The summed E-state index contributed by atoms with van der Waals surface area (Å²) in [5.41, 5.74) is 0.401. The van der Waals surface area contributed by atoms with Gasteiger partial charge in [-0.15, -0.1) is 0 Å². The van der Waals surface area contributed by atoms with Gasteiger partial charge in [0.05, 0.1) is 0 Å². The maximum Gasteiger partial charge on any atom is 0.171 e. The highest BCUT2D eigenvalue weighted by molar-refractivity contribution is 5.41. The van der Waals surface area contributed by atoms with Crippen LogP contribution in [0.15, 0.2) is 30.3 Å². The zero-order valence-electron chi connectivity index (χ0n) is 11.3. The Bertz CT molecular complexity index is 609. The SMILES string of the molecule is CCc1c(F)c(F)c(C)c(OCc2ccccc2)c1F. The first-order chi connectivity index (χ1) is 9.56. The van der Waals surface area contributed by atoms with E-state index in [1.165, 1.54) is 6.92 Å². The van der Waals surface area contributed by atoms with Crippen molar-refractivity contribution in [2.45, 2.75) is 26.9 Å². The molecule has 0 fully saturated rings. The fraction of sp³-hybridized carbons (Fsp3) is 0.250. The summed E-state index contributed by atoms with van der Waals surface area (Å²) >= 11 is 0. The standard InChI is InChI=1S/C16H15F3O/c1-3-12-14(18)13(17)10(2)16(15(12)19)20-9-11-7-5-4-6-8-11/h4-8H,3,9H2,1-2H3. The summed E-state index contributed by atoms with van der Waals surface area (Å²) in [5, 5.41) is 0. The minimum absolute atomic E-state index is 0.0660. The van der Waals surface area contributed by atoms with Gasteiger partial charge in [-0.3, -0.25) is 0 Å². The van der Waals surface area contributed by atoms with Crippen molar-refractivity contribution in [2.75, 3.05) is 0 Å². The monoisotopic (exact) mass is 280 g/mol. The molecule has 2 aromatic carbocycles. The fourth-order valence-corrected chi connectivity index (χ4v) is 2.01. The van der Waals surface area contributed by atoms with Crippen LogP contribution < -0.4 is 4.74 Å². The summed E-state index contributed by atoms with van der Waals surface area (Å²) in [4.78, 5) is 0. The van der Waals surface area contributed by atoms with Gasteiger partial charge in [0.15, 0.2) is 23.2 Å². The second kappa shape index (κ2) is 5.99. The first kappa shape index (κ1) is 14.4. The molecular weight excluding hydrogens is 265 g/mol. The lowest BCUT2D eigenvalue weighted by atomic mass is 10.1. The molecule has 20 heavy (non-hydrogen) atoms. The quantitative estimate of drug-likeness (QED) is 0.746. The van der Waals surface area contributed by atoms with Gasteiger partial charge < -0.3 is 4.74 Å². The lowest BCUT2D eigenvalue weighted by Crippen LogP contribution is -2.07. The van der Waals surface area contributed by atoms with E-state index in [2.05, 4.69) is 0 Å². The van der Waals surface area contributed by atoms with E-state index in [4.69, 9.17) is 4.74 Å². The molecule has 106 valence electrons. The number of ether oxygens (including phenoxy) is 1. The predicted molar refractivity (Wildman–Crippen MR) is 71.2 cm³/mol. The molecule has 1 nitrogen and oxygen atoms in total. The van der Waals surface area contributed by atoms with Gasteiger partial charge in [0.1, 0.15) is 6.61 Å². The Hall–Kier alpha value is -1.97. The van der Waals surface area contributed by atoms with Crippen LogP contribution in [0.5, 0.6) is 5.75 Å². The zero-order valence-corrected chi connectivity index (χ0v) is 11.3. The Morgan fingerprint density at radius 1 is 0.950 bits per heavy atom. The van der Waals surface area contributed by atoms with Crippen molar-refractivity contribution in [2.24, 2.45) is 0 Å². The molecule has 0 spiro atoms.